The molecule has 1 aliphatic rings. The molecule has 2 aromatic rings. The summed E-state index contributed by atoms with van der Waals surface area (Å²) in [4.78, 5) is 28.5. The van der Waals surface area contributed by atoms with Crippen molar-refractivity contribution in [1.82, 2.24) is 9.80 Å². The Kier molecular flexibility index (Phi) is 5.30. The van der Waals surface area contributed by atoms with Crippen LogP contribution < -0.4 is 0 Å². The molecule has 1 fully saturated rings. The molecule has 2 amide bonds. The molecule has 3 rings (SSSR count). The maximum atomic E-state index is 13.9. The maximum Gasteiger partial charge on any atom is 0.256 e. The van der Waals surface area contributed by atoms with Crippen LogP contribution in [-0.2, 0) is 0 Å². The molecule has 0 bridgehead atoms. The molecule has 6 heteroatoms. The third kappa shape index (κ3) is 3.74. The van der Waals surface area contributed by atoms with Crippen molar-refractivity contribution in [1.29, 1.82) is 0 Å². The molecule has 0 aliphatic carbocycles. The molecule has 0 radical (unpaired) electrons. The summed E-state index contributed by atoms with van der Waals surface area (Å²) in [5.74, 6) is -1.63. The van der Waals surface area contributed by atoms with Crippen LogP contribution in [0.3, 0.4) is 0 Å². The Hall–Kier alpha value is -2.76. The SMILES string of the molecule is Cc1ccc(F)cc1C(=O)N1CCCN(C(=O)c2ccccc2F)CC1. The highest BCUT2D eigenvalue weighted by Crippen LogP contribution is 2.16. The van der Waals surface area contributed by atoms with E-state index in [1.807, 2.05) is 0 Å². The lowest BCUT2D eigenvalue weighted by atomic mass is 10.1. The molecule has 136 valence electrons. The molecule has 26 heavy (non-hydrogen) atoms. The Morgan fingerprint density at radius 3 is 2.12 bits per heavy atom. The predicted octanol–water partition coefficient (Wildman–Crippen LogP) is 3.26. The normalized spacial score (nSPS) is 14.9. The molecule has 0 unspecified atom stereocenters. The summed E-state index contributed by atoms with van der Waals surface area (Å²) in [5, 5.41) is 0. The van der Waals surface area contributed by atoms with Crippen LogP contribution >= 0.6 is 0 Å². The standard InChI is InChI=1S/C20H20F2N2O2/c1-14-7-8-15(21)13-17(14)20(26)24-10-4-9-23(11-12-24)19(25)16-5-2-3-6-18(16)22/h2-3,5-8,13H,4,9-12H2,1H3. The Balaban J connectivity index is 1.72. The van der Waals surface area contributed by atoms with Gasteiger partial charge >= 0.3 is 0 Å². The van der Waals surface area contributed by atoms with E-state index in [-0.39, 0.29) is 17.4 Å². The third-order valence-electron chi connectivity index (χ3n) is 4.60. The molecular weight excluding hydrogens is 338 g/mol. The fourth-order valence-electron chi connectivity index (χ4n) is 3.12. The quantitative estimate of drug-likeness (QED) is 0.827. The van der Waals surface area contributed by atoms with Crippen molar-refractivity contribution >= 4 is 11.8 Å². The first-order valence-electron chi connectivity index (χ1n) is 8.56. The first-order valence-corrected chi connectivity index (χ1v) is 8.56. The number of rotatable bonds is 2. The first kappa shape index (κ1) is 18.0. The van der Waals surface area contributed by atoms with Crippen molar-refractivity contribution in [2.75, 3.05) is 26.2 Å². The summed E-state index contributed by atoms with van der Waals surface area (Å²) < 4.78 is 27.3. The van der Waals surface area contributed by atoms with Gasteiger partial charge in [0, 0.05) is 31.7 Å². The van der Waals surface area contributed by atoms with Gasteiger partial charge in [-0.15, -0.1) is 0 Å². The van der Waals surface area contributed by atoms with Gasteiger partial charge < -0.3 is 9.80 Å². The minimum atomic E-state index is -0.551. The van der Waals surface area contributed by atoms with Crippen LogP contribution in [0.15, 0.2) is 42.5 Å². The van der Waals surface area contributed by atoms with Crippen molar-refractivity contribution in [2.24, 2.45) is 0 Å². The highest BCUT2D eigenvalue weighted by Gasteiger charge is 2.25. The summed E-state index contributed by atoms with van der Waals surface area (Å²) in [6.07, 6.45) is 0.584. The summed E-state index contributed by atoms with van der Waals surface area (Å²) in [6.45, 7) is 3.32. The number of aryl methyl sites for hydroxylation is 1. The Morgan fingerprint density at radius 1 is 0.846 bits per heavy atom. The number of halogens is 2. The first-order chi connectivity index (χ1) is 12.5. The van der Waals surface area contributed by atoms with Gasteiger partial charge in [0.2, 0.25) is 0 Å². The molecule has 1 saturated heterocycles. The van der Waals surface area contributed by atoms with E-state index in [4.69, 9.17) is 0 Å². The second-order valence-electron chi connectivity index (χ2n) is 6.38. The molecule has 0 N–H and O–H groups in total. The lowest BCUT2D eigenvalue weighted by Crippen LogP contribution is -2.37. The monoisotopic (exact) mass is 358 g/mol. The van der Waals surface area contributed by atoms with Gasteiger partial charge in [-0.1, -0.05) is 18.2 Å². The van der Waals surface area contributed by atoms with Gasteiger partial charge in [0.25, 0.3) is 11.8 Å². The van der Waals surface area contributed by atoms with Gasteiger partial charge in [0.05, 0.1) is 5.56 Å². The topological polar surface area (TPSA) is 40.6 Å². The number of nitrogens with zero attached hydrogens (tertiary/aromatic N) is 2. The Bertz CT molecular complexity index is 838. The number of benzene rings is 2. The van der Waals surface area contributed by atoms with Gasteiger partial charge in [0.15, 0.2) is 0 Å². The van der Waals surface area contributed by atoms with E-state index in [2.05, 4.69) is 0 Å². The average Bonchev–Trinajstić information content (AvgIpc) is 2.89. The molecule has 4 nitrogen and oxygen atoms in total. The number of hydrogen-bond acceptors (Lipinski definition) is 2. The molecular formula is C20H20F2N2O2. The van der Waals surface area contributed by atoms with Crippen molar-refractivity contribution in [2.45, 2.75) is 13.3 Å². The Labute approximate surface area is 151 Å². The van der Waals surface area contributed by atoms with Gasteiger partial charge in [-0.2, -0.15) is 0 Å². The van der Waals surface area contributed by atoms with Crippen LogP contribution in [-0.4, -0.2) is 47.8 Å². The molecule has 1 aliphatic heterocycles. The average molecular weight is 358 g/mol. The van der Waals surface area contributed by atoms with Crippen LogP contribution in [0.1, 0.15) is 32.7 Å². The predicted molar refractivity (Wildman–Crippen MR) is 94.0 cm³/mol. The fourth-order valence-corrected chi connectivity index (χ4v) is 3.12. The van der Waals surface area contributed by atoms with Crippen molar-refractivity contribution in [3.63, 3.8) is 0 Å². The zero-order valence-electron chi connectivity index (χ0n) is 14.5. The molecule has 2 aromatic carbocycles. The minimum Gasteiger partial charge on any atom is -0.337 e. The third-order valence-corrected chi connectivity index (χ3v) is 4.60. The summed E-state index contributed by atoms with van der Waals surface area (Å²) >= 11 is 0. The minimum absolute atomic E-state index is 0.0354. The van der Waals surface area contributed by atoms with E-state index in [9.17, 15) is 18.4 Å². The number of carbonyl (C=O) groups is 2. The highest BCUT2D eigenvalue weighted by molar-refractivity contribution is 5.96. The molecule has 0 spiro atoms. The van der Waals surface area contributed by atoms with Crippen LogP contribution in [0.4, 0.5) is 8.78 Å². The zero-order valence-corrected chi connectivity index (χ0v) is 14.5. The van der Waals surface area contributed by atoms with Crippen LogP contribution in [0, 0.1) is 18.6 Å². The van der Waals surface area contributed by atoms with Crippen LogP contribution in [0.2, 0.25) is 0 Å². The largest absolute Gasteiger partial charge is 0.337 e. The molecule has 0 atom stereocenters. The van der Waals surface area contributed by atoms with Gasteiger partial charge in [-0.05, 0) is 43.2 Å². The lowest BCUT2D eigenvalue weighted by Gasteiger charge is -2.23. The molecule has 1 heterocycles. The Morgan fingerprint density at radius 2 is 1.46 bits per heavy atom. The molecule has 0 aromatic heterocycles. The number of amides is 2. The maximum absolute atomic E-state index is 13.9. The van der Waals surface area contributed by atoms with Crippen molar-refractivity contribution in [3.8, 4) is 0 Å². The van der Waals surface area contributed by atoms with E-state index >= 15 is 0 Å². The van der Waals surface area contributed by atoms with E-state index < -0.39 is 11.6 Å². The van der Waals surface area contributed by atoms with Crippen LogP contribution in [0.25, 0.3) is 0 Å². The lowest BCUT2D eigenvalue weighted by molar-refractivity contribution is 0.0715. The second-order valence-corrected chi connectivity index (χ2v) is 6.38. The van der Waals surface area contributed by atoms with E-state index in [1.165, 1.54) is 30.3 Å². The summed E-state index contributed by atoms with van der Waals surface area (Å²) in [5.41, 5.74) is 1.08. The summed E-state index contributed by atoms with van der Waals surface area (Å²) in [7, 11) is 0. The number of carbonyl (C=O) groups excluding carboxylic acids is 2. The number of hydrogen-bond donors (Lipinski definition) is 0. The smallest absolute Gasteiger partial charge is 0.256 e. The van der Waals surface area contributed by atoms with E-state index in [0.29, 0.717) is 43.7 Å². The van der Waals surface area contributed by atoms with E-state index in [1.54, 1.807) is 28.9 Å². The van der Waals surface area contributed by atoms with Gasteiger partial charge in [-0.3, -0.25) is 9.59 Å². The van der Waals surface area contributed by atoms with Gasteiger partial charge in [-0.25, -0.2) is 8.78 Å². The van der Waals surface area contributed by atoms with Gasteiger partial charge in [0.1, 0.15) is 11.6 Å². The van der Waals surface area contributed by atoms with Crippen LogP contribution in [0.5, 0.6) is 0 Å². The highest BCUT2D eigenvalue weighted by atomic mass is 19.1. The second kappa shape index (κ2) is 7.64. The fraction of sp³-hybridized carbons (Fsp3) is 0.300. The van der Waals surface area contributed by atoms with Crippen molar-refractivity contribution < 1.29 is 18.4 Å². The molecule has 0 saturated carbocycles. The van der Waals surface area contributed by atoms with Crippen molar-refractivity contribution in [3.05, 3.63) is 70.8 Å². The van der Waals surface area contributed by atoms with E-state index in [0.717, 1.165) is 0 Å². The summed E-state index contributed by atoms with van der Waals surface area (Å²) in [6, 6.07) is 10.0. The zero-order chi connectivity index (χ0) is 18.7.